The average Bonchev–Trinajstić information content (AvgIpc) is 2.64. The van der Waals surface area contributed by atoms with Crippen molar-refractivity contribution in [2.24, 2.45) is 0 Å². The molecule has 1 heterocycles. The molecule has 2 aliphatic rings. The Morgan fingerprint density at radius 1 is 1.15 bits per heavy atom. The molecule has 1 saturated heterocycles. The van der Waals surface area contributed by atoms with Crippen molar-refractivity contribution >= 4 is 0 Å². The van der Waals surface area contributed by atoms with Gasteiger partial charge in [0.15, 0.2) is 6.29 Å². The van der Waals surface area contributed by atoms with Gasteiger partial charge in [-0.2, -0.15) is 5.26 Å². The highest BCUT2D eigenvalue weighted by Gasteiger charge is 2.48. The predicted octanol–water partition coefficient (Wildman–Crippen LogP) is -2.58. The number of nitriles is 1. The summed E-state index contributed by atoms with van der Waals surface area (Å²) in [5.74, 6) is 0. The molecule has 0 spiro atoms. The first-order chi connectivity index (χ1) is 12.4. The summed E-state index contributed by atoms with van der Waals surface area (Å²) < 4.78 is 21.6. The Morgan fingerprint density at radius 2 is 1.85 bits per heavy atom. The van der Waals surface area contributed by atoms with E-state index in [0.29, 0.717) is 0 Å². The van der Waals surface area contributed by atoms with Crippen molar-refractivity contribution < 1.29 is 44.5 Å². The van der Waals surface area contributed by atoms with E-state index in [9.17, 15) is 25.5 Å². The maximum absolute atomic E-state index is 10.5. The summed E-state index contributed by atoms with van der Waals surface area (Å²) in [6, 6.07) is 1.83. The number of rotatable bonds is 5. The second-order valence-electron chi connectivity index (χ2n) is 6.25. The SMILES string of the molecule is CO[C@@H]1[C@@H](OC)C[C@H](O[C@H]2O[C@@H](CO)[C@@H](O)[C@@H](O)[C@H]2O)/C(=C\C#N)[C@@H]1O. The van der Waals surface area contributed by atoms with Gasteiger partial charge in [0, 0.05) is 32.3 Å². The van der Waals surface area contributed by atoms with Gasteiger partial charge in [0.2, 0.25) is 0 Å². The summed E-state index contributed by atoms with van der Waals surface area (Å²) in [7, 11) is 2.84. The molecular formula is C16H25NO9. The minimum absolute atomic E-state index is 0.189. The van der Waals surface area contributed by atoms with Crippen molar-refractivity contribution in [3.05, 3.63) is 11.6 Å². The topological polar surface area (TPSA) is 162 Å². The van der Waals surface area contributed by atoms with Crippen LogP contribution in [0.25, 0.3) is 0 Å². The van der Waals surface area contributed by atoms with E-state index in [2.05, 4.69) is 0 Å². The van der Waals surface area contributed by atoms with E-state index in [-0.39, 0.29) is 12.0 Å². The van der Waals surface area contributed by atoms with E-state index >= 15 is 0 Å². The summed E-state index contributed by atoms with van der Waals surface area (Å²) in [6.45, 7) is -0.592. The van der Waals surface area contributed by atoms with Crippen LogP contribution in [0.3, 0.4) is 0 Å². The Balaban J connectivity index is 2.22. The number of ether oxygens (including phenoxy) is 4. The highest BCUT2D eigenvalue weighted by Crippen LogP contribution is 2.33. The summed E-state index contributed by atoms with van der Waals surface area (Å²) >= 11 is 0. The molecule has 148 valence electrons. The third-order valence-corrected chi connectivity index (χ3v) is 4.79. The van der Waals surface area contributed by atoms with Crippen LogP contribution in [-0.2, 0) is 18.9 Å². The van der Waals surface area contributed by atoms with Crippen molar-refractivity contribution in [1.29, 1.82) is 5.26 Å². The Hall–Kier alpha value is -1.13. The smallest absolute Gasteiger partial charge is 0.187 e. The third kappa shape index (κ3) is 4.07. The lowest BCUT2D eigenvalue weighted by Crippen LogP contribution is -2.60. The molecular weight excluding hydrogens is 350 g/mol. The fourth-order valence-electron chi connectivity index (χ4n) is 3.30. The summed E-state index contributed by atoms with van der Waals surface area (Å²) in [5, 5.41) is 58.5. The molecule has 9 atom stereocenters. The lowest BCUT2D eigenvalue weighted by Gasteiger charge is -2.44. The molecule has 0 radical (unpaired) electrons. The molecule has 1 aliphatic carbocycles. The standard InChI is InChI=1S/C16H25NO9/c1-23-9-5-8(7(3-4-17)11(19)15(9)24-2)25-16-14(22)13(21)12(20)10(6-18)26-16/h3,8-16,18-22H,5-6H2,1-2H3/b7-3+/t8-,9-,10-,11-,12+,13+,14+,15+,16-/m0/s1. The van der Waals surface area contributed by atoms with Crippen LogP contribution in [0.1, 0.15) is 6.42 Å². The lowest BCUT2D eigenvalue weighted by molar-refractivity contribution is -0.312. The monoisotopic (exact) mass is 375 g/mol. The van der Waals surface area contributed by atoms with Gasteiger partial charge in [-0.25, -0.2) is 0 Å². The van der Waals surface area contributed by atoms with E-state index in [1.807, 2.05) is 6.07 Å². The van der Waals surface area contributed by atoms with E-state index in [1.54, 1.807) is 0 Å². The molecule has 2 rings (SSSR count). The molecule has 26 heavy (non-hydrogen) atoms. The largest absolute Gasteiger partial charge is 0.394 e. The van der Waals surface area contributed by atoms with Gasteiger partial charge in [-0.15, -0.1) is 0 Å². The van der Waals surface area contributed by atoms with Gasteiger partial charge in [0.25, 0.3) is 0 Å². The van der Waals surface area contributed by atoms with Crippen molar-refractivity contribution in [3.63, 3.8) is 0 Å². The molecule has 0 amide bonds. The predicted molar refractivity (Wildman–Crippen MR) is 84.6 cm³/mol. The summed E-state index contributed by atoms with van der Waals surface area (Å²) in [4.78, 5) is 0. The maximum atomic E-state index is 10.5. The zero-order valence-electron chi connectivity index (χ0n) is 14.5. The number of aliphatic hydroxyl groups is 5. The number of allylic oxidation sites excluding steroid dienone is 1. The third-order valence-electron chi connectivity index (χ3n) is 4.79. The highest BCUT2D eigenvalue weighted by atomic mass is 16.7. The maximum Gasteiger partial charge on any atom is 0.187 e. The van der Waals surface area contributed by atoms with Crippen LogP contribution in [0, 0.1) is 11.3 Å². The van der Waals surface area contributed by atoms with Crippen LogP contribution in [0.2, 0.25) is 0 Å². The van der Waals surface area contributed by atoms with Crippen molar-refractivity contribution in [3.8, 4) is 6.07 Å². The molecule has 1 aliphatic heterocycles. The van der Waals surface area contributed by atoms with Gasteiger partial charge in [-0.3, -0.25) is 0 Å². The number of hydrogen-bond donors (Lipinski definition) is 5. The van der Waals surface area contributed by atoms with E-state index in [1.165, 1.54) is 14.2 Å². The van der Waals surface area contributed by atoms with E-state index in [4.69, 9.17) is 24.2 Å². The Bertz CT molecular complexity index is 534. The molecule has 10 heteroatoms. The normalized spacial score (nSPS) is 45.5. The molecule has 1 saturated carbocycles. The average molecular weight is 375 g/mol. The molecule has 0 aromatic carbocycles. The van der Waals surface area contributed by atoms with Crippen molar-refractivity contribution in [1.82, 2.24) is 0 Å². The number of aliphatic hydroxyl groups excluding tert-OH is 5. The molecule has 0 bridgehead atoms. The first-order valence-corrected chi connectivity index (χ1v) is 8.18. The van der Waals surface area contributed by atoms with Crippen LogP contribution in [0.4, 0.5) is 0 Å². The fourth-order valence-corrected chi connectivity index (χ4v) is 3.30. The van der Waals surface area contributed by atoms with Gasteiger partial charge in [0.1, 0.15) is 36.6 Å². The molecule has 0 aromatic rings. The van der Waals surface area contributed by atoms with Crippen LogP contribution < -0.4 is 0 Å². The van der Waals surface area contributed by atoms with E-state index in [0.717, 1.165) is 6.08 Å². The first kappa shape index (κ1) is 21.2. The van der Waals surface area contributed by atoms with Crippen LogP contribution >= 0.6 is 0 Å². The highest BCUT2D eigenvalue weighted by molar-refractivity contribution is 5.26. The van der Waals surface area contributed by atoms with Gasteiger partial charge in [0.05, 0.1) is 24.9 Å². The molecule has 0 unspecified atom stereocenters. The second-order valence-corrected chi connectivity index (χ2v) is 6.25. The van der Waals surface area contributed by atoms with Gasteiger partial charge in [-0.05, 0) is 0 Å². The Kier molecular flexibility index (Phi) is 7.48. The van der Waals surface area contributed by atoms with Crippen molar-refractivity contribution in [2.75, 3.05) is 20.8 Å². The molecule has 5 N–H and O–H groups in total. The Morgan fingerprint density at radius 3 is 2.38 bits per heavy atom. The Labute approximate surface area is 150 Å². The van der Waals surface area contributed by atoms with E-state index < -0.39 is 61.7 Å². The number of methoxy groups -OCH3 is 2. The molecule has 10 nitrogen and oxygen atoms in total. The van der Waals surface area contributed by atoms with Crippen LogP contribution in [0.5, 0.6) is 0 Å². The van der Waals surface area contributed by atoms with Gasteiger partial charge < -0.3 is 44.5 Å². The lowest BCUT2D eigenvalue weighted by atomic mass is 9.84. The molecule has 0 aromatic heterocycles. The van der Waals surface area contributed by atoms with Crippen LogP contribution in [0.15, 0.2) is 11.6 Å². The minimum Gasteiger partial charge on any atom is -0.394 e. The van der Waals surface area contributed by atoms with Crippen molar-refractivity contribution in [2.45, 2.75) is 61.5 Å². The quantitative estimate of drug-likeness (QED) is 0.323. The van der Waals surface area contributed by atoms with Crippen LogP contribution in [-0.4, -0.2) is 101 Å². The fraction of sp³-hybridized carbons (Fsp3) is 0.812. The van der Waals surface area contributed by atoms with Gasteiger partial charge >= 0.3 is 0 Å². The minimum atomic E-state index is -1.59. The first-order valence-electron chi connectivity index (χ1n) is 8.18. The second kappa shape index (κ2) is 9.18. The molecule has 2 fully saturated rings. The zero-order valence-corrected chi connectivity index (χ0v) is 14.5. The zero-order chi connectivity index (χ0) is 19.4. The number of nitrogens with zero attached hydrogens (tertiary/aromatic N) is 1. The number of hydrogen-bond acceptors (Lipinski definition) is 10. The van der Waals surface area contributed by atoms with Gasteiger partial charge in [-0.1, -0.05) is 0 Å². The summed E-state index contributed by atoms with van der Waals surface area (Å²) in [6.07, 6.45) is -9.22. The summed E-state index contributed by atoms with van der Waals surface area (Å²) in [5.41, 5.74) is 0.213.